The molecule has 0 radical (unpaired) electrons. The van der Waals surface area contributed by atoms with Crippen LogP contribution in [0, 0.1) is 0 Å². The minimum Gasteiger partial charge on any atom is -0.373 e. The van der Waals surface area contributed by atoms with E-state index in [0.717, 1.165) is 32.5 Å². The van der Waals surface area contributed by atoms with E-state index >= 15 is 0 Å². The smallest absolute Gasteiger partial charge is 0.0992 e. The van der Waals surface area contributed by atoms with Gasteiger partial charge < -0.3 is 9.47 Å². The highest BCUT2D eigenvalue weighted by atomic mass is 32.1. The fourth-order valence-corrected chi connectivity index (χ4v) is 4.38. The van der Waals surface area contributed by atoms with Crippen molar-refractivity contribution in [1.82, 2.24) is 9.88 Å². The van der Waals surface area contributed by atoms with Gasteiger partial charge in [0, 0.05) is 36.4 Å². The number of hydrogen-bond donors (Lipinski definition) is 0. The van der Waals surface area contributed by atoms with Gasteiger partial charge in [0.2, 0.25) is 0 Å². The summed E-state index contributed by atoms with van der Waals surface area (Å²) in [6.45, 7) is 3.52. The van der Waals surface area contributed by atoms with Gasteiger partial charge in [-0.15, -0.1) is 11.3 Å². The molecule has 23 heavy (non-hydrogen) atoms. The fraction of sp³-hybridized carbons (Fsp3) is 0.500. The molecule has 1 saturated carbocycles. The number of ether oxygens (including phenoxy) is 2. The molecule has 1 aliphatic heterocycles. The van der Waals surface area contributed by atoms with Crippen molar-refractivity contribution in [3.63, 3.8) is 0 Å². The van der Waals surface area contributed by atoms with Gasteiger partial charge in [-0.2, -0.15) is 0 Å². The van der Waals surface area contributed by atoms with E-state index in [9.17, 15) is 0 Å². The van der Waals surface area contributed by atoms with Gasteiger partial charge in [-0.3, -0.25) is 9.88 Å². The van der Waals surface area contributed by atoms with Gasteiger partial charge in [-0.25, -0.2) is 0 Å². The first kappa shape index (κ1) is 15.3. The lowest BCUT2D eigenvalue weighted by molar-refractivity contribution is -0.118. The average Bonchev–Trinajstić information content (AvgIpc) is 3.24. The van der Waals surface area contributed by atoms with Crippen molar-refractivity contribution in [2.45, 2.75) is 44.2 Å². The molecule has 122 valence electrons. The zero-order chi connectivity index (χ0) is 15.5. The first-order valence-corrected chi connectivity index (χ1v) is 9.16. The number of pyridine rings is 1. The molecule has 3 atom stereocenters. The normalized spacial score (nSPS) is 27.9. The third-order valence-electron chi connectivity index (χ3n) is 4.80. The van der Waals surface area contributed by atoms with E-state index in [2.05, 4.69) is 27.4 Å². The van der Waals surface area contributed by atoms with Gasteiger partial charge in [0.1, 0.15) is 0 Å². The topological polar surface area (TPSA) is 34.6 Å². The van der Waals surface area contributed by atoms with E-state index in [1.807, 2.05) is 35.9 Å². The predicted molar refractivity (Wildman–Crippen MR) is 90.3 cm³/mol. The van der Waals surface area contributed by atoms with Crippen LogP contribution in [0.15, 0.2) is 42.0 Å². The monoisotopic (exact) mass is 330 g/mol. The lowest BCUT2D eigenvalue weighted by Gasteiger charge is -2.38. The summed E-state index contributed by atoms with van der Waals surface area (Å²) < 4.78 is 12.2. The van der Waals surface area contributed by atoms with Crippen LogP contribution in [0.25, 0.3) is 0 Å². The second-order valence-corrected chi connectivity index (χ2v) is 7.27. The summed E-state index contributed by atoms with van der Waals surface area (Å²) in [5.74, 6) is 0. The van der Waals surface area contributed by atoms with Crippen LogP contribution in [0.4, 0.5) is 0 Å². The largest absolute Gasteiger partial charge is 0.373 e. The van der Waals surface area contributed by atoms with Crippen LogP contribution < -0.4 is 0 Å². The van der Waals surface area contributed by atoms with Crippen LogP contribution >= 0.6 is 11.3 Å². The Hall–Kier alpha value is -1.27. The molecule has 0 aromatic carbocycles. The highest BCUT2D eigenvalue weighted by Crippen LogP contribution is 2.33. The summed E-state index contributed by atoms with van der Waals surface area (Å²) in [4.78, 5) is 8.07. The SMILES string of the molecule is c1csc(CN2CCO[C@H]3[C@@H](OCc4ccncc4)CC[C@@H]32)c1. The Bertz CT molecular complexity index is 605. The Balaban J connectivity index is 1.37. The Morgan fingerprint density at radius 2 is 2.17 bits per heavy atom. The van der Waals surface area contributed by atoms with Crippen molar-refractivity contribution in [1.29, 1.82) is 0 Å². The van der Waals surface area contributed by atoms with E-state index in [1.165, 1.54) is 10.4 Å². The zero-order valence-corrected chi connectivity index (χ0v) is 14.0. The molecule has 2 aromatic heterocycles. The highest BCUT2D eigenvalue weighted by molar-refractivity contribution is 7.09. The van der Waals surface area contributed by atoms with Crippen LogP contribution in [-0.2, 0) is 22.6 Å². The zero-order valence-electron chi connectivity index (χ0n) is 13.1. The maximum Gasteiger partial charge on any atom is 0.0992 e. The van der Waals surface area contributed by atoms with E-state index < -0.39 is 0 Å². The van der Waals surface area contributed by atoms with E-state index in [1.54, 1.807) is 0 Å². The van der Waals surface area contributed by atoms with Crippen molar-refractivity contribution in [2.24, 2.45) is 0 Å². The quantitative estimate of drug-likeness (QED) is 0.844. The molecule has 1 aliphatic carbocycles. The molecule has 2 aromatic rings. The molecule has 3 heterocycles. The van der Waals surface area contributed by atoms with Crippen molar-refractivity contribution in [2.75, 3.05) is 13.2 Å². The molecular formula is C18H22N2O2S. The van der Waals surface area contributed by atoms with E-state index in [4.69, 9.17) is 9.47 Å². The Kier molecular flexibility index (Phi) is 4.71. The minimum atomic E-state index is 0.208. The molecule has 5 heteroatoms. The van der Waals surface area contributed by atoms with Crippen LogP contribution in [0.5, 0.6) is 0 Å². The molecule has 1 saturated heterocycles. The van der Waals surface area contributed by atoms with Gasteiger partial charge in [0.05, 0.1) is 25.4 Å². The minimum absolute atomic E-state index is 0.208. The molecule has 0 unspecified atom stereocenters. The summed E-state index contributed by atoms with van der Waals surface area (Å²) in [5, 5.41) is 2.16. The molecule has 4 rings (SSSR count). The predicted octanol–water partition coefficient (Wildman–Crippen LogP) is 3.09. The fourth-order valence-electron chi connectivity index (χ4n) is 3.65. The van der Waals surface area contributed by atoms with Gasteiger partial charge in [0.15, 0.2) is 0 Å². The standard InChI is InChI=1S/C18H22N2O2S/c1-2-15(23-11-1)12-20-9-10-21-18-16(20)3-4-17(18)22-13-14-5-7-19-8-6-14/h1-2,5-8,11,16-18H,3-4,9-10,12-13H2/t16-,17-,18+/m0/s1. The Morgan fingerprint density at radius 1 is 1.26 bits per heavy atom. The molecular weight excluding hydrogens is 308 g/mol. The van der Waals surface area contributed by atoms with Gasteiger partial charge in [0.25, 0.3) is 0 Å². The molecule has 2 fully saturated rings. The third kappa shape index (κ3) is 3.48. The molecule has 4 nitrogen and oxygen atoms in total. The van der Waals surface area contributed by atoms with Crippen molar-refractivity contribution >= 4 is 11.3 Å². The summed E-state index contributed by atoms with van der Waals surface area (Å²) in [7, 11) is 0. The van der Waals surface area contributed by atoms with Crippen molar-refractivity contribution < 1.29 is 9.47 Å². The Morgan fingerprint density at radius 3 is 3.00 bits per heavy atom. The Labute approximate surface area is 141 Å². The third-order valence-corrected chi connectivity index (χ3v) is 5.66. The number of rotatable bonds is 5. The number of morpholine rings is 1. The van der Waals surface area contributed by atoms with Crippen LogP contribution in [-0.4, -0.2) is 41.3 Å². The highest BCUT2D eigenvalue weighted by Gasteiger charge is 2.43. The number of nitrogens with zero attached hydrogens (tertiary/aromatic N) is 2. The van der Waals surface area contributed by atoms with Crippen LogP contribution in [0.1, 0.15) is 23.3 Å². The molecule has 0 N–H and O–H groups in total. The van der Waals surface area contributed by atoms with E-state index in [-0.39, 0.29) is 12.2 Å². The molecule has 0 bridgehead atoms. The van der Waals surface area contributed by atoms with Crippen LogP contribution in [0.2, 0.25) is 0 Å². The maximum absolute atomic E-state index is 6.17. The first-order chi connectivity index (χ1) is 11.4. The summed E-state index contributed by atoms with van der Waals surface area (Å²) in [6.07, 6.45) is 6.30. The number of hydrogen-bond acceptors (Lipinski definition) is 5. The number of aromatic nitrogens is 1. The van der Waals surface area contributed by atoms with Gasteiger partial charge in [-0.05, 0) is 42.0 Å². The second-order valence-electron chi connectivity index (χ2n) is 6.23. The summed E-state index contributed by atoms with van der Waals surface area (Å²) in [6, 6.07) is 8.87. The van der Waals surface area contributed by atoms with Crippen LogP contribution in [0.3, 0.4) is 0 Å². The molecule has 2 aliphatic rings. The number of fused-ring (bicyclic) bond motifs is 1. The summed E-state index contributed by atoms with van der Waals surface area (Å²) >= 11 is 1.84. The average molecular weight is 330 g/mol. The second kappa shape index (κ2) is 7.09. The van der Waals surface area contributed by atoms with E-state index in [0.29, 0.717) is 12.6 Å². The lowest BCUT2D eigenvalue weighted by atomic mass is 10.1. The van der Waals surface area contributed by atoms with Crippen molar-refractivity contribution in [3.8, 4) is 0 Å². The molecule has 0 amide bonds. The maximum atomic E-state index is 6.17. The number of thiophene rings is 1. The lowest BCUT2D eigenvalue weighted by Crippen LogP contribution is -2.51. The van der Waals surface area contributed by atoms with Crippen molar-refractivity contribution in [3.05, 3.63) is 52.5 Å². The van der Waals surface area contributed by atoms with Gasteiger partial charge in [-0.1, -0.05) is 6.07 Å². The first-order valence-electron chi connectivity index (χ1n) is 8.29. The van der Waals surface area contributed by atoms with Gasteiger partial charge >= 0.3 is 0 Å². The molecule has 0 spiro atoms. The summed E-state index contributed by atoms with van der Waals surface area (Å²) in [5.41, 5.74) is 1.18.